The number of ether oxygens (including phenoxy) is 2. The third kappa shape index (κ3) is 4.55. The topological polar surface area (TPSA) is 73.6 Å². The number of carbonyl (C=O) groups is 1. The van der Waals surface area contributed by atoms with Crippen molar-refractivity contribution in [3.63, 3.8) is 0 Å². The molecule has 0 amide bonds. The summed E-state index contributed by atoms with van der Waals surface area (Å²) in [5.74, 6) is -1.16. The Morgan fingerprint density at radius 2 is 2.08 bits per heavy atom. The summed E-state index contributed by atoms with van der Waals surface area (Å²) in [6.07, 6.45) is -0.0603. The highest BCUT2D eigenvalue weighted by atomic mass is 79.9. The molecule has 1 aromatic carbocycles. The van der Waals surface area contributed by atoms with Gasteiger partial charge in [-0.25, -0.2) is 9.18 Å². The fourth-order valence-corrected chi connectivity index (χ4v) is 2.36. The summed E-state index contributed by atoms with van der Waals surface area (Å²) in [5.41, 5.74) is -1.02. The van der Waals surface area contributed by atoms with E-state index in [-0.39, 0.29) is 17.2 Å². The minimum atomic E-state index is -1.75. The number of hydrogen-bond donors (Lipinski definition) is 1. The first-order valence-electron chi connectivity index (χ1n) is 7.14. The second kappa shape index (κ2) is 6.90. The number of nitrogens with zero attached hydrogens (tertiary/aromatic N) is 2. The zero-order chi connectivity index (χ0) is 18.1. The summed E-state index contributed by atoms with van der Waals surface area (Å²) < 4.78 is 26.8. The van der Waals surface area contributed by atoms with E-state index in [0.717, 1.165) is 6.07 Å². The minimum absolute atomic E-state index is 0.228. The standard InChI is InChI=1S/C16H18BrFN2O4/c1-16(2,3)24-15(22)13(21)10-7-9(5-6-12(10)18)23-14-11(17)8-20(4)19-14/h5-8,13,21H,1-4H3. The number of hydrogen-bond acceptors (Lipinski definition) is 5. The van der Waals surface area contributed by atoms with E-state index in [0.29, 0.717) is 4.47 Å². The Hall–Kier alpha value is -1.93. The second-order valence-electron chi connectivity index (χ2n) is 6.18. The summed E-state index contributed by atoms with van der Waals surface area (Å²) in [6.45, 7) is 4.98. The molecule has 8 heteroatoms. The third-order valence-corrected chi connectivity index (χ3v) is 3.40. The second-order valence-corrected chi connectivity index (χ2v) is 7.03. The molecule has 0 aliphatic rings. The summed E-state index contributed by atoms with van der Waals surface area (Å²) in [7, 11) is 1.72. The molecule has 1 heterocycles. The normalized spacial score (nSPS) is 12.8. The Morgan fingerprint density at radius 3 is 2.62 bits per heavy atom. The molecule has 0 spiro atoms. The molecule has 0 bridgehead atoms. The van der Waals surface area contributed by atoms with Crippen molar-refractivity contribution in [1.82, 2.24) is 9.78 Å². The van der Waals surface area contributed by atoms with Crippen LogP contribution >= 0.6 is 15.9 Å². The Bertz CT molecular complexity index is 755. The van der Waals surface area contributed by atoms with Gasteiger partial charge >= 0.3 is 5.97 Å². The van der Waals surface area contributed by atoms with Crippen LogP contribution in [-0.4, -0.2) is 26.5 Å². The first-order valence-corrected chi connectivity index (χ1v) is 7.93. The molecule has 130 valence electrons. The van der Waals surface area contributed by atoms with Crippen LogP contribution < -0.4 is 4.74 Å². The molecule has 1 atom stereocenters. The van der Waals surface area contributed by atoms with Crippen molar-refractivity contribution in [1.29, 1.82) is 0 Å². The fourth-order valence-electron chi connectivity index (χ4n) is 1.90. The van der Waals surface area contributed by atoms with E-state index >= 15 is 0 Å². The van der Waals surface area contributed by atoms with Gasteiger partial charge in [0.2, 0.25) is 0 Å². The molecule has 0 saturated carbocycles. The Morgan fingerprint density at radius 1 is 1.42 bits per heavy atom. The lowest BCUT2D eigenvalue weighted by Crippen LogP contribution is -2.28. The van der Waals surface area contributed by atoms with Crippen molar-refractivity contribution in [2.75, 3.05) is 0 Å². The molecule has 0 fully saturated rings. The van der Waals surface area contributed by atoms with Crippen LogP contribution in [0.25, 0.3) is 0 Å². The van der Waals surface area contributed by atoms with Gasteiger partial charge in [-0.3, -0.25) is 4.68 Å². The average molecular weight is 401 g/mol. The highest BCUT2D eigenvalue weighted by Gasteiger charge is 2.27. The molecule has 2 aromatic rings. The zero-order valence-corrected chi connectivity index (χ0v) is 15.3. The van der Waals surface area contributed by atoms with Crippen molar-refractivity contribution in [2.45, 2.75) is 32.5 Å². The van der Waals surface area contributed by atoms with E-state index < -0.39 is 23.5 Å². The van der Waals surface area contributed by atoms with E-state index in [9.17, 15) is 14.3 Å². The maximum absolute atomic E-state index is 14.0. The molecule has 24 heavy (non-hydrogen) atoms. The number of rotatable bonds is 4. The smallest absolute Gasteiger partial charge is 0.340 e. The molecule has 0 saturated heterocycles. The number of carbonyl (C=O) groups excluding carboxylic acids is 1. The van der Waals surface area contributed by atoms with Gasteiger partial charge < -0.3 is 14.6 Å². The molecule has 1 unspecified atom stereocenters. The van der Waals surface area contributed by atoms with Crippen molar-refractivity contribution < 1.29 is 23.8 Å². The van der Waals surface area contributed by atoms with Crippen molar-refractivity contribution in [3.8, 4) is 11.6 Å². The minimum Gasteiger partial charge on any atom is -0.458 e. The van der Waals surface area contributed by atoms with E-state index in [2.05, 4.69) is 21.0 Å². The van der Waals surface area contributed by atoms with Gasteiger partial charge in [-0.1, -0.05) is 0 Å². The van der Waals surface area contributed by atoms with Crippen LogP contribution in [0.1, 0.15) is 32.4 Å². The molecule has 0 aliphatic carbocycles. The Labute approximate surface area is 147 Å². The predicted molar refractivity (Wildman–Crippen MR) is 88.2 cm³/mol. The summed E-state index contributed by atoms with van der Waals surface area (Å²) in [4.78, 5) is 11.9. The van der Waals surface area contributed by atoms with E-state index in [1.165, 1.54) is 12.1 Å². The number of aliphatic hydroxyl groups excluding tert-OH is 1. The van der Waals surface area contributed by atoms with Gasteiger partial charge in [0, 0.05) is 18.8 Å². The molecular formula is C16H18BrFN2O4. The zero-order valence-electron chi connectivity index (χ0n) is 13.7. The molecule has 6 nitrogen and oxygen atoms in total. The number of benzene rings is 1. The maximum Gasteiger partial charge on any atom is 0.340 e. The summed E-state index contributed by atoms with van der Waals surface area (Å²) >= 11 is 3.29. The molecule has 1 aromatic heterocycles. The number of esters is 1. The average Bonchev–Trinajstić information content (AvgIpc) is 2.76. The highest BCUT2D eigenvalue weighted by molar-refractivity contribution is 9.10. The van der Waals surface area contributed by atoms with Gasteiger partial charge in [0.25, 0.3) is 5.88 Å². The van der Waals surface area contributed by atoms with Crippen LogP contribution in [-0.2, 0) is 16.6 Å². The molecule has 0 aliphatic heterocycles. The summed E-state index contributed by atoms with van der Waals surface area (Å²) in [6, 6.07) is 3.72. The van der Waals surface area contributed by atoms with Crippen molar-refractivity contribution in [2.24, 2.45) is 7.05 Å². The van der Waals surface area contributed by atoms with Gasteiger partial charge in [0.1, 0.15) is 17.2 Å². The van der Waals surface area contributed by atoms with Gasteiger partial charge in [-0.05, 0) is 54.9 Å². The quantitative estimate of drug-likeness (QED) is 0.795. The Kier molecular flexibility index (Phi) is 5.29. The highest BCUT2D eigenvalue weighted by Crippen LogP contribution is 2.31. The molecule has 2 rings (SSSR count). The lowest BCUT2D eigenvalue weighted by atomic mass is 10.1. The Balaban J connectivity index is 2.25. The SMILES string of the molecule is Cn1cc(Br)c(Oc2ccc(F)c(C(O)C(=O)OC(C)(C)C)c2)n1. The lowest BCUT2D eigenvalue weighted by Gasteiger charge is -2.22. The van der Waals surface area contributed by atoms with Crippen molar-refractivity contribution >= 4 is 21.9 Å². The van der Waals surface area contributed by atoms with E-state index in [4.69, 9.17) is 9.47 Å². The maximum atomic E-state index is 14.0. The summed E-state index contributed by atoms with van der Waals surface area (Å²) in [5, 5.41) is 14.2. The number of aryl methyl sites for hydroxylation is 1. The first kappa shape index (κ1) is 18.4. The largest absolute Gasteiger partial charge is 0.458 e. The van der Waals surface area contributed by atoms with Gasteiger partial charge in [-0.15, -0.1) is 5.10 Å². The fraction of sp³-hybridized carbons (Fsp3) is 0.375. The third-order valence-electron chi connectivity index (χ3n) is 2.86. The van der Waals surface area contributed by atoms with Crippen LogP contribution in [0.15, 0.2) is 28.9 Å². The van der Waals surface area contributed by atoms with Gasteiger partial charge in [0.05, 0.1) is 4.47 Å². The number of aliphatic hydroxyl groups is 1. The van der Waals surface area contributed by atoms with Crippen LogP contribution in [0.4, 0.5) is 4.39 Å². The monoisotopic (exact) mass is 400 g/mol. The number of halogens is 2. The number of aromatic nitrogens is 2. The van der Waals surface area contributed by atoms with Crippen LogP contribution in [0.5, 0.6) is 11.6 Å². The van der Waals surface area contributed by atoms with Gasteiger partial charge in [-0.2, -0.15) is 0 Å². The molecule has 0 radical (unpaired) electrons. The van der Waals surface area contributed by atoms with Crippen LogP contribution in [0.2, 0.25) is 0 Å². The lowest BCUT2D eigenvalue weighted by molar-refractivity contribution is -0.165. The van der Waals surface area contributed by atoms with E-state index in [1.54, 1.807) is 38.7 Å². The van der Waals surface area contributed by atoms with E-state index in [1.807, 2.05) is 0 Å². The van der Waals surface area contributed by atoms with Crippen LogP contribution in [0, 0.1) is 5.82 Å². The van der Waals surface area contributed by atoms with Gasteiger partial charge in [0.15, 0.2) is 6.10 Å². The molecular weight excluding hydrogens is 383 g/mol. The first-order chi connectivity index (χ1) is 11.1. The predicted octanol–water partition coefficient (Wildman–Crippen LogP) is 3.49. The van der Waals surface area contributed by atoms with Crippen molar-refractivity contribution in [3.05, 3.63) is 40.2 Å². The molecule has 1 N–H and O–H groups in total. The van der Waals surface area contributed by atoms with Crippen LogP contribution in [0.3, 0.4) is 0 Å².